The van der Waals surface area contributed by atoms with Crippen LogP contribution in [0.2, 0.25) is 5.02 Å². The largest absolute Gasteiger partial charge is 0.489 e. The quantitative estimate of drug-likeness (QED) is 0.600. The summed E-state index contributed by atoms with van der Waals surface area (Å²) in [5.41, 5.74) is 2.95. The van der Waals surface area contributed by atoms with Gasteiger partial charge in [0.05, 0.1) is 29.5 Å². The maximum absolute atomic E-state index is 12.4. The Kier molecular flexibility index (Phi) is 5.40. The van der Waals surface area contributed by atoms with Crippen molar-refractivity contribution in [2.45, 2.75) is 26.9 Å². The maximum atomic E-state index is 12.4. The molecule has 0 saturated heterocycles. The van der Waals surface area contributed by atoms with Crippen molar-refractivity contribution in [3.05, 3.63) is 64.1 Å². The number of pyridine rings is 1. The Labute approximate surface area is 173 Å². The Hall–Kier alpha value is -3.06. The van der Waals surface area contributed by atoms with Crippen LogP contribution in [0, 0.1) is 13.8 Å². The van der Waals surface area contributed by atoms with E-state index in [0.717, 1.165) is 23.4 Å². The molecule has 8 heteroatoms. The number of rotatable bonds is 4. The van der Waals surface area contributed by atoms with Gasteiger partial charge < -0.3 is 14.2 Å². The van der Waals surface area contributed by atoms with Crippen molar-refractivity contribution in [1.82, 2.24) is 14.8 Å². The molecule has 0 fully saturated rings. The van der Waals surface area contributed by atoms with Crippen LogP contribution in [0.4, 0.5) is 0 Å². The van der Waals surface area contributed by atoms with E-state index >= 15 is 0 Å². The first-order valence-electron chi connectivity index (χ1n) is 9.26. The Morgan fingerprint density at radius 2 is 2.03 bits per heavy atom. The first kappa shape index (κ1) is 19.3. The number of hydrogen-bond acceptors (Lipinski definition) is 6. The van der Waals surface area contributed by atoms with E-state index in [1.807, 2.05) is 19.9 Å². The topological polar surface area (TPSA) is 75.5 Å². The van der Waals surface area contributed by atoms with Crippen molar-refractivity contribution in [1.29, 1.82) is 0 Å². The molecule has 4 rings (SSSR count). The summed E-state index contributed by atoms with van der Waals surface area (Å²) in [7, 11) is 0. The Bertz CT molecular complexity index is 1050. The minimum Gasteiger partial charge on any atom is -0.489 e. The summed E-state index contributed by atoms with van der Waals surface area (Å²) in [6.45, 7) is 5.04. The van der Waals surface area contributed by atoms with E-state index in [1.165, 1.54) is 6.20 Å². The highest BCUT2D eigenvalue weighted by molar-refractivity contribution is 6.32. The van der Waals surface area contributed by atoms with Gasteiger partial charge >= 0.3 is 5.97 Å². The smallest absolute Gasteiger partial charge is 0.340 e. The molecule has 0 N–H and O–H groups in total. The minimum absolute atomic E-state index is 0.0639. The van der Waals surface area contributed by atoms with Crippen molar-refractivity contribution < 1.29 is 19.0 Å². The molecule has 1 aliphatic heterocycles. The fourth-order valence-electron chi connectivity index (χ4n) is 3.09. The third-order valence-electron chi connectivity index (χ3n) is 4.44. The van der Waals surface area contributed by atoms with Gasteiger partial charge in [-0.2, -0.15) is 5.10 Å². The standard InChI is InChI=1S/C21H20ClN3O4/c1-13-8-14(2)25(24-13)19-5-4-16(11-23-19)21(26)29-12-15-9-17(22)20-18(10-15)27-6-3-7-28-20/h4-5,8-11H,3,6-7,12H2,1-2H3. The number of benzene rings is 1. The number of esters is 1. The number of nitrogens with zero attached hydrogens (tertiary/aromatic N) is 3. The number of carbonyl (C=O) groups is 1. The van der Waals surface area contributed by atoms with Gasteiger partial charge in [-0.1, -0.05) is 11.6 Å². The molecular formula is C21H20ClN3O4. The lowest BCUT2D eigenvalue weighted by Gasteiger charge is -2.12. The average Bonchev–Trinajstić information content (AvgIpc) is 2.90. The van der Waals surface area contributed by atoms with Gasteiger partial charge in [-0.05, 0) is 49.7 Å². The summed E-state index contributed by atoms with van der Waals surface area (Å²) in [5.74, 6) is 1.27. The minimum atomic E-state index is -0.472. The van der Waals surface area contributed by atoms with E-state index in [-0.39, 0.29) is 6.61 Å². The molecule has 0 atom stereocenters. The third kappa shape index (κ3) is 4.19. The molecule has 0 spiro atoms. The molecule has 150 valence electrons. The second-order valence-corrected chi connectivity index (χ2v) is 7.18. The Balaban J connectivity index is 1.44. The van der Waals surface area contributed by atoms with Crippen LogP contribution in [-0.4, -0.2) is 33.9 Å². The lowest BCUT2D eigenvalue weighted by molar-refractivity contribution is 0.0472. The molecule has 0 unspecified atom stereocenters. The van der Waals surface area contributed by atoms with E-state index in [4.69, 9.17) is 25.8 Å². The van der Waals surface area contributed by atoms with Gasteiger partial charge in [0.1, 0.15) is 6.61 Å². The van der Waals surface area contributed by atoms with Gasteiger partial charge in [0.25, 0.3) is 0 Å². The lowest BCUT2D eigenvalue weighted by atomic mass is 10.2. The van der Waals surface area contributed by atoms with Crippen molar-refractivity contribution in [2.24, 2.45) is 0 Å². The summed E-state index contributed by atoms with van der Waals surface area (Å²) >= 11 is 6.28. The summed E-state index contributed by atoms with van der Waals surface area (Å²) < 4.78 is 18.4. The monoisotopic (exact) mass is 413 g/mol. The van der Waals surface area contributed by atoms with Gasteiger partial charge in [0.2, 0.25) is 0 Å². The number of halogens is 1. The molecular weight excluding hydrogens is 394 g/mol. The van der Waals surface area contributed by atoms with E-state index < -0.39 is 5.97 Å². The van der Waals surface area contributed by atoms with Crippen LogP contribution >= 0.6 is 11.6 Å². The van der Waals surface area contributed by atoms with Crippen LogP contribution in [0.1, 0.15) is 33.7 Å². The van der Waals surface area contributed by atoms with Crippen LogP contribution in [-0.2, 0) is 11.3 Å². The zero-order valence-corrected chi connectivity index (χ0v) is 16.9. The fourth-order valence-corrected chi connectivity index (χ4v) is 3.38. The van der Waals surface area contributed by atoms with Crippen molar-refractivity contribution in [3.8, 4) is 17.3 Å². The first-order chi connectivity index (χ1) is 14.0. The first-order valence-corrected chi connectivity index (χ1v) is 9.64. The maximum Gasteiger partial charge on any atom is 0.340 e. The predicted molar refractivity (Wildman–Crippen MR) is 107 cm³/mol. The van der Waals surface area contributed by atoms with E-state index in [2.05, 4.69) is 10.1 Å². The van der Waals surface area contributed by atoms with Crippen LogP contribution in [0.15, 0.2) is 36.5 Å². The molecule has 2 aromatic heterocycles. The highest BCUT2D eigenvalue weighted by Gasteiger charge is 2.17. The molecule has 7 nitrogen and oxygen atoms in total. The van der Waals surface area contributed by atoms with Gasteiger partial charge in [0, 0.05) is 18.3 Å². The third-order valence-corrected chi connectivity index (χ3v) is 4.72. The second-order valence-electron chi connectivity index (χ2n) is 6.78. The number of fused-ring (bicyclic) bond motifs is 1. The van der Waals surface area contributed by atoms with Crippen LogP contribution < -0.4 is 9.47 Å². The highest BCUT2D eigenvalue weighted by atomic mass is 35.5. The zero-order valence-electron chi connectivity index (χ0n) is 16.1. The van der Waals surface area contributed by atoms with Crippen molar-refractivity contribution >= 4 is 17.6 Å². The number of ether oxygens (including phenoxy) is 3. The summed E-state index contributed by atoms with van der Waals surface area (Å²) in [6, 6.07) is 8.86. The van der Waals surface area contributed by atoms with Gasteiger partial charge in [-0.3, -0.25) is 0 Å². The molecule has 0 saturated carbocycles. The number of aromatic nitrogens is 3. The zero-order chi connectivity index (χ0) is 20.4. The second kappa shape index (κ2) is 8.13. The van der Waals surface area contributed by atoms with E-state index in [0.29, 0.717) is 41.1 Å². The number of carbonyl (C=O) groups excluding carboxylic acids is 1. The van der Waals surface area contributed by atoms with Gasteiger partial charge in [-0.15, -0.1) is 0 Å². The Morgan fingerprint density at radius 1 is 1.21 bits per heavy atom. The normalized spacial score (nSPS) is 13.1. The molecule has 3 aromatic rings. The molecule has 0 aliphatic carbocycles. The van der Waals surface area contributed by atoms with E-state index in [9.17, 15) is 4.79 Å². The molecule has 29 heavy (non-hydrogen) atoms. The molecule has 1 aliphatic rings. The fraction of sp³-hybridized carbons (Fsp3) is 0.286. The van der Waals surface area contributed by atoms with Crippen LogP contribution in [0.5, 0.6) is 11.5 Å². The molecule has 3 heterocycles. The van der Waals surface area contributed by atoms with Crippen molar-refractivity contribution in [2.75, 3.05) is 13.2 Å². The number of aryl methyl sites for hydroxylation is 2. The summed E-state index contributed by atoms with van der Waals surface area (Å²) in [5, 5.41) is 4.82. The predicted octanol–water partition coefficient (Wildman–Crippen LogP) is 4.06. The summed E-state index contributed by atoms with van der Waals surface area (Å²) in [6.07, 6.45) is 2.27. The SMILES string of the molecule is Cc1cc(C)n(-c2ccc(C(=O)OCc3cc(Cl)c4c(c3)OCCCO4)cn2)n1. The molecule has 1 aromatic carbocycles. The average molecular weight is 414 g/mol. The summed E-state index contributed by atoms with van der Waals surface area (Å²) in [4.78, 5) is 16.7. The van der Waals surface area contributed by atoms with Crippen molar-refractivity contribution in [3.63, 3.8) is 0 Å². The van der Waals surface area contributed by atoms with Gasteiger partial charge in [-0.25, -0.2) is 14.5 Å². The Morgan fingerprint density at radius 3 is 2.76 bits per heavy atom. The van der Waals surface area contributed by atoms with E-state index in [1.54, 1.807) is 28.9 Å². The van der Waals surface area contributed by atoms with Gasteiger partial charge in [0.15, 0.2) is 17.3 Å². The van der Waals surface area contributed by atoms with Crippen LogP contribution in [0.3, 0.4) is 0 Å². The molecule has 0 radical (unpaired) electrons. The van der Waals surface area contributed by atoms with Crippen LogP contribution in [0.25, 0.3) is 5.82 Å². The molecule has 0 bridgehead atoms. The highest BCUT2D eigenvalue weighted by Crippen LogP contribution is 2.38. The number of hydrogen-bond donors (Lipinski definition) is 0. The lowest BCUT2D eigenvalue weighted by Crippen LogP contribution is -2.08. The molecule has 0 amide bonds.